The number of phosphoric acid groups is 1. The Bertz CT molecular complexity index is 1290. The lowest BCUT2D eigenvalue weighted by molar-refractivity contribution is -0.161. The van der Waals surface area contributed by atoms with Crippen molar-refractivity contribution in [3.05, 3.63) is 36.5 Å². The van der Waals surface area contributed by atoms with Crippen LogP contribution in [0.2, 0.25) is 0 Å². The minimum absolute atomic E-state index is 0.0556. The van der Waals surface area contributed by atoms with Crippen LogP contribution in [0.4, 0.5) is 0 Å². The first kappa shape index (κ1) is 71.2. The number of hydrogen-bond donors (Lipinski definition) is 2. The summed E-state index contributed by atoms with van der Waals surface area (Å²) in [7, 11) is -4.39. The van der Waals surface area contributed by atoms with Crippen LogP contribution in [0.5, 0.6) is 0 Å². The molecule has 0 radical (unpaired) electrons. The van der Waals surface area contributed by atoms with E-state index in [1.807, 2.05) is 0 Å². The van der Waals surface area contributed by atoms with Gasteiger partial charge in [0.1, 0.15) is 6.61 Å². The molecule has 0 fully saturated rings. The second-order valence-electron chi connectivity index (χ2n) is 21.3. The van der Waals surface area contributed by atoms with E-state index in [0.29, 0.717) is 6.42 Å². The summed E-state index contributed by atoms with van der Waals surface area (Å²) in [5.41, 5.74) is 5.39. The van der Waals surface area contributed by atoms with Crippen molar-refractivity contribution in [3.63, 3.8) is 0 Å². The number of allylic oxidation sites excluding steroid dienone is 6. The van der Waals surface area contributed by atoms with Crippen molar-refractivity contribution in [3.8, 4) is 0 Å². The van der Waals surface area contributed by atoms with Gasteiger partial charge in [0, 0.05) is 19.4 Å². The number of carbonyl (C=O) groups is 2. The molecule has 9 nitrogen and oxygen atoms in total. The number of rotatable bonds is 60. The molecular formula is C63H120NO8P. The van der Waals surface area contributed by atoms with Gasteiger partial charge in [-0.25, -0.2) is 4.57 Å². The molecule has 0 aromatic heterocycles. The molecule has 0 saturated carbocycles. The number of ether oxygens (including phenoxy) is 2. The average Bonchev–Trinajstić information content (AvgIpc) is 3.38. The van der Waals surface area contributed by atoms with E-state index in [9.17, 15) is 19.0 Å². The summed E-state index contributed by atoms with van der Waals surface area (Å²) >= 11 is 0. The van der Waals surface area contributed by atoms with Crippen LogP contribution in [0.25, 0.3) is 0 Å². The van der Waals surface area contributed by atoms with E-state index in [0.717, 1.165) is 44.9 Å². The second-order valence-corrected chi connectivity index (χ2v) is 22.7. The molecule has 0 rings (SSSR count). The van der Waals surface area contributed by atoms with Gasteiger partial charge in [0.25, 0.3) is 0 Å². The average molecular weight is 1050 g/mol. The van der Waals surface area contributed by atoms with Crippen molar-refractivity contribution < 1.29 is 37.6 Å². The van der Waals surface area contributed by atoms with Gasteiger partial charge in [-0.2, -0.15) is 0 Å². The van der Waals surface area contributed by atoms with E-state index < -0.39 is 26.5 Å². The van der Waals surface area contributed by atoms with Crippen LogP contribution in [-0.4, -0.2) is 49.3 Å². The molecule has 0 aliphatic rings. The van der Waals surface area contributed by atoms with Gasteiger partial charge in [0.15, 0.2) is 6.10 Å². The van der Waals surface area contributed by atoms with Crippen molar-refractivity contribution >= 4 is 19.8 Å². The normalized spacial score (nSPS) is 13.2. The van der Waals surface area contributed by atoms with Crippen LogP contribution in [0.1, 0.15) is 322 Å². The van der Waals surface area contributed by atoms with E-state index in [1.165, 1.54) is 244 Å². The zero-order chi connectivity index (χ0) is 53.1. The van der Waals surface area contributed by atoms with E-state index in [1.54, 1.807) is 0 Å². The van der Waals surface area contributed by atoms with Crippen molar-refractivity contribution in [2.24, 2.45) is 5.73 Å². The van der Waals surface area contributed by atoms with Gasteiger partial charge in [-0.15, -0.1) is 0 Å². The lowest BCUT2D eigenvalue weighted by Crippen LogP contribution is -2.29. The molecule has 0 saturated heterocycles. The molecule has 10 heteroatoms. The van der Waals surface area contributed by atoms with E-state index in [-0.39, 0.29) is 38.6 Å². The van der Waals surface area contributed by atoms with Crippen LogP contribution in [-0.2, 0) is 32.7 Å². The van der Waals surface area contributed by atoms with Crippen LogP contribution < -0.4 is 5.73 Å². The molecule has 0 aromatic rings. The standard InChI is InChI=1S/C63H120NO8P/c1-3-5-7-9-11-13-15-17-19-21-23-25-26-27-28-29-30-31-32-33-34-36-38-40-42-44-46-48-50-52-54-56-63(66)72-61(60-71-73(67,68)70-58-57-64)59-69-62(65)55-53-51-49-47-45-43-41-39-37-35-24-22-20-18-16-14-12-10-8-6-4-2/h15,17,21,23,26-27,61H,3-14,16,18-20,22,24-25,28-60,64H2,1-2H3,(H,67,68)/b17-15-,23-21-,27-26-. The Morgan fingerprint density at radius 2 is 0.712 bits per heavy atom. The van der Waals surface area contributed by atoms with Crippen molar-refractivity contribution in [1.82, 2.24) is 0 Å². The van der Waals surface area contributed by atoms with Crippen LogP contribution >= 0.6 is 7.82 Å². The van der Waals surface area contributed by atoms with E-state index >= 15 is 0 Å². The zero-order valence-corrected chi connectivity index (χ0v) is 49.0. The fourth-order valence-corrected chi connectivity index (χ4v) is 10.1. The maximum atomic E-state index is 12.7. The highest BCUT2D eigenvalue weighted by molar-refractivity contribution is 7.47. The molecule has 0 aromatic carbocycles. The first-order chi connectivity index (χ1) is 35.8. The highest BCUT2D eigenvalue weighted by Crippen LogP contribution is 2.43. The van der Waals surface area contributed by atoms with Crippen molar-refractivity contribution in [1.29, 1.82) is 0 Å². The van der Waals surface area contributed by atoms with Gasteiger partial charge in [-0.3, -0.25) is 18.6 Å². The second kappa shape index (κ2) is 59.5. The summed E-state index contributed by atoms with van der Waals surface area (Å²) in [4.78, 5) is 35.2. The quantitative estimate of drug-likeness (QED) is 0.0264. The number of nitrogens with two attached hydrogens (primary N) is 1. The Balaban J connectivity index is 3.88. The Kier molecular flexibility index (Phi) is 58.0. The Morgan fingerprint density at radius 3 is 1.05 bits per heavy atom. The number of phosphoric ester groups is 1. The molecule has 0 spiro atoms. The third-order valence-corrected chi connectivity index (χ3v) is 15.0. The minimum atomic E-state index is -4.39. The van der Waals surface area contributed by atoms with E-state index in [2.05, 4.69) is 50.3 Å². The summed E-state index contributed by atoms with van der Waals surface area (Å²) < 4.78 is 33.1. The van der Waals surface area contributed by atoms with Gasteiger partial charge >= 0.3 is 19.8 Å². The summed E-state index contributed by atoms with van der Waals surface area (Å²) in [6.45, 7) is 3.79. The van der Waals surface area contributed by atoms with Crippen LogP contribution in [0.15, 0.2) is 36.5 Å². The maximum absolute atomic E-state index is 12.7. The van der Waals surface area contributed by atoms with Gasteiger partial charge < -0.3 is 20.1 Å². The zero-order valence-electron chi connectivity index (χ0n) is 48.1. The first-order valence-corrected chi connectivity index (χ1v) is 33.0. The molecular weight excluding hydrogens is 930 g/mol. The topological polar surface area (TPSA) is 134 Å². The SMILES string of the molecule is CCCCCCC/C=C\C/C=C\C/C=C\CCCCCCCCCCCCCCCCCCC(=O)OC(COC(=O)CCCCCCCCCCCCCCCCCCCCCCC)COP(=O)(O)OCCN. The predicted molar refractivity (Wildman–Crippen MR) is 312 cm³/mol. The number of hydrogen-bond acceptors (Lipinski definition) is 8. The largest absolute Gasteiger partial charge is 0.472 e. The van der Waals surface area contributed by atoms with E-state index in [4.69, 9.17) is 24.3 Å². The molecule has 0 aliphatic carbocycles. The molecule has 0 amide bonds. The monoisotopic (exact) mass is 1050 g/mol. The third-order valence-electron chi connectivity index (χ3n) is 14.0. The van der Waals surface area contributed by atoms with Gasteiger partial charge in [-0.1, -0.05) is 294 Å². The van der Waals surface area contributed by atoms with Crippen molar-refractivity contribution in [2.45, 2.75) is 328 Å². The molecule has 0 bridgehead atoms. The van der Waals surface area contributed by atoms with Crippen LogP contribution in [0.3, 0.4) is 0 Å². The first-order valence-electron chi connectivity index (χ1n) is 31.5. The number of unbranched alkanes of at least 4 members (excludes halogenated alkanes) is 41. The fraction of sp³-hybridized carbons (Fsp3) is 0.873. The molecule has 3 N–H and O–H groups in total. The molecule has 0 heterocycles. The lowest BCUT2D eigenvalue weighted by Gasteiger charge is -2.19. The molecule has 2 atom stereocenters. The lowest BCUT2D eigenvalue weighted by atomic mass is 10.0. The Hall–Kier alpha value is -1.77. The summed E-state index contributed by atoms with van der Waals surface area (Å²) in [5.74, 6) is -0.809. The Labute approximate surface area is 452 Å². The van der Waals surface area contributed by atoms with Gasteiger partial charge in [0.05, 0.1) is 13.2 Å². The molecule has 73 heavy (non-hydrogen) atoms. The summed E-state index contributed by atoms with van der Waals surface area (Å²) in [6, 6.07) is 0. The summed E-state index contributed by atoms with van der Waals surface area (Å²) in [6.07, 6.45) is 72.1. The fourth-order valence-electron chi connectivity index (χ4n) is 9.35. The maximum Gasteiger partial charge on any atom is 0.472 e. The highest BCUT2D eigenvalue weighted by Gasteiger charge is 2.26. The number of esters is 2. The molecule has 2 unspecified atom stereocenters. The molecule has 430 valence electrons. The third kappa shape index (κ3) is 59.3. The van der Waals surface area contributed by atoms with Crippen LogP contribution in [0, 0.1) is 0 Å². The summed E-state index contributed by atoms with van der Waals surface area (Å²) in [5, 5.41) is 0. The Morgan fingerprint density at radius 1 is 0.411 bits per heavy atom. The smallest absolute Gasteiger partial charge is 0.462 e. The molecule has 0 aliphatic heterocycles. The minimum Gasteiger partial charge on any atom is -0.462 e. The van der Waals surface area contributed by atoms with Gasteiger partial charge in [0.2, 0.25) is 0 Å². The predicted octanol–water partition coefficient (Wildman–Crippen LogP) is 20.0. The number of carbonyl (C=O) groups excluding carboxylic acids is 2. The van der Waals surface area contributed by atoms with Gasteiger partial charge in [-0.05, 0) is 51.4 Å². The highest BCUT2D eigenvalue weighted by atomic mass is 31.2. The van der Waals surface area contributed by atoms with Crippen molar-refractivity contribution in [2.75, 3.05) is 26.4 Å².